The van der Waals surface area contributed by atoms with Crippen LogP contribution in [0.1, 0.15) is 31.7 Å². The van der Waals surface area contributed by atoms with Crippen molar-refractivity contribution in [3.63, 3.8) is 0 Å². The third-order valence-corrected chi connectivity index (χ3v) is 3.91. The van der Waals surface area contributed by atoms with Crippen LogP contribution in [0.4, 0.5) is 5.69 Å². The van der Waals surface area contributed by atoms with Gasteiger partial charge in [0.1, 0.15) is 17.4 Å². The lowest BCUT2D eigenvalue weighted by atomic mass is 9.97. The highest BCUT2D eigenvalue weighted by Gasteiger charge is 2.22. The molecule has 21 heavy (non-hydrogen) atoms. The third-order valence-electron chi connectivity index (χ3n) is 3.91. The Morgan fingerprint density at radius 3 is 2.81 bits per heavy atom. The standard InChI is InChI=1S/C16H21N3O2/c1-2-16(20)19-8-6-12(7-9-19)11-21-15-5-3-4-14(18)13(15)10-17/h3-5,12H,2,6-9,11,18H2,1H3. The molecular weight excluding hydrogens is 266 g/mol. The number of ether oxygens (including phenoxy) is 1. The van der Waals surface area contributed by atoms with Crippen molar-refractivity contribution >= 4 is 11.6 Å². The van der Waals surface area contributed by atoms with Crippen molar-refractivity contribution in [2.45, 2.75) is 26.2 Å². The fourth-order valence-corrected chi connectivity index (χ4v) is 2.57. The van der Waals surface area contributed by atoms with E-state index in [-0.39, 0.29) is 5.91 Å². The molecule has 1 aromatic rings. The summed E-state index contributed by atoms with van der Waals surface area (Å²) in [7, 11) is 0. The van der Waals surface area contributed by atoms with Crippen molar-refractivity contribution in [2.24, 2.45) is 5.92 Å². The van der Waals surface area contributed by atoms with Crippen molar-refractivity contribution in [1.29, 1.82) is 5.26 Å². The fraction of sp³-hybridized carbons (Fsp3) is 0.500. The highest BCUT2D eigenvalue weighted by molar-refractivity contribution is 5.75. The number of carbonyl (C=O) groups excluding carboxylic acids is 1. The largest absolute Gasteiger partial charge is 0.492 e. The highest BCUT2D eigenvalue weighted by Crippen LogP contribution is 2.25. The van der Waals surface area contributed by atoms with Crippen LogP contribution < -0.4 is 10.5 Å². The maximum absolute atomic E-state index is 11.6. The molecule has 1 aliphatic rings. The van der Waals surface area contributed by atoms with Crippen LogP contribution in [0.25, 0.3) is 0 Å². The van der Waals surface area contributed by atoms with E-state index in [0.717, 1.165) is 25.9 Å². The molecule has 0 unspecified atom stereocenters. The molecule has 1 fully saturated rings. The molecule has 0 aromatic heterocycles. The number of amides is 1. The van der Waals surface area contributed by atoms with Gasteiger partial charge in [-0.3, -0.25) is 4.79 Å². The number of carbonyl (C=O) groups is 1. The molecule has 5 heteroatoms. The summed E-state index contributed by atoms with van der Waals surface area (Å²) >= 11 is 0. The molecule has 0 atom stereocenters. The molecule has 0 aliphatic carbocycles. The first-order chi connectivity index (χ1) is 10.2. The molecule has 5 nitrogen and oxygen atoms in total. The molecule has 2 N–H and O–H groups in total. The number of anilines is 1. The number of rotatable bonds is 4. The topological polar surface area (TPSA) is 79.3 Å². The molecule has 2 rings (SSSR count). The molecule has 1 amide bonds. The lowest BCUT2D eigenvalue weighted by Gasteiger charge is -2.31. The van der Waals surface area contributed by atoms with Gasteiger partial charge in [-0.15, -0.1) is 0 Å². The average molecular weight is 287 g/mol. The number of nitriles is 1. The zero-order valence-electron chi connectivity index (χ0n) is 12.3. The van der Waals surface area contributed by atoms with Gasteiger partial charge in [0.15, 0.2) is 0 Å². The van der Waals surface area contributed by atoms with Crippen molar-refractivity contribution in [1.82, 2.24) is 4.90 Å². The van der Waals surface area contributed by atoms with Gasteiger partial charge in [-0.25, -0.2) is 0 Å². The number of nitrogens with two attached hydrogens (primary N) is 1. The molecule has 0 saturated carbocycles. The smallest absolute Gasteiger partial charge is 0.222 e. The summed E-state index contributed by atoms with van der Waals surface area (Å²) in [5, 5.41) is 9.11. The fourth-order valence-electron chi connectivity index (χ4n) is 2.57. The summed E-state index contributed by atoms with van der Waals surface area (Å²) in [6, 6.07) is 7.33. The van der Waals surface area contributed by atoms with E-state index in [1.54, 1.807) is 18.2 Å². The minimum atomic E-state index is 0.219. The summed E-state index contributed by atoms with van der Waals surface area (Å²) < 4.78 is 5.76. The van der Waals surface area contributed by atoms with Gasteiger partial charge in [0.2, 0.25) is 5.91 Å². The van der Waals surface area contributed by atoms with Gasteiger partial charge < -0.3 is 15.4 Å². The minimum Gasteiger partial charge on any atom is -0.492 e. The number of nitrogen functional groups attached to an aromatic ring is 1. The Kier molecular flexibility index (Phi) is 5.04. The second-order valence-corrected chi connectivity index (χ2v) is 5.32. The van der Waals surface area contributed by atoms with Crippen LogP contribution in [0.15, 0.2) is 18.2 Å². The van der Waals surface area contributed by atoms with E-state index < -0.39 is 0 Å². The van der Waals surface area contributed by atoms with E-state index in [1.807, 2.05) is 11.8 Å². The van der Waals surface area contributed by atoms with Crippen molar-refractivity contribution < 1.29 is 9.53 Å². The van der Waals surface area contributed by atoms with Gasteiger partial charge in [0.25, 0.3) is 0 Å². The lowest BCUT2D eigenvalue weighted by molar-refractivity contribution is -0.132. The maximum atomic E-state index is 11.6. The second kappa shape index (κ2) is 6.98. The van der Waals surface area contributed by atoms with E-state index in [2.05, 4.69) is 6.07 Å². The van der Waals surface area contributed by atoms with Gasteiger partial charge in [-0.05, 0) is 30.9 Å². The van der Waals surface area contributed by atoms with Gasteiger partial charge in [-0.2, -0.15) is 5.26 Å². The van der Waals surface area contributed by atoms with Crippen LogP contribution in [0, 0.1) is 17.2 Å². The number of benzene rings is 1. The normalized spacial score (nSPS) is 15.5. The molecule has 1 heterocycles. The van der Waals surface area contributed by atoms with Crippen LogP contribution in [0.2, 0.25) is 0 Å². The Balaban J connectivity index is 1.87. The van der Waals surface area contributed by atoms with Crippen molar-refractivity contribution in [3.8, 4) is 11.8 Å². The number of likely N-dealkylation sites (tertiary alicyclic amines) is 1. The first-order valence-corrected chi connectivity index (χ1v) is 7.34. The Labute approximate surface area is 125 Å². The van der Waals surface area contributed by atoms with E-state index in [9.17, 15) is 4.79 Å². The lowest BCUT2D eigenvalue weighted by Crippen LogP contribution is -2.39. The maximum Gasteiger partial charge on any atom is 0.222 e. The molecule has 0 spiro atoms. The van der Waals surface area contributed by atoms with Crippen molar-refractivity contribution in [3.05, 3.63) is 23.8 Å². The Bertz CT molecular complexity index is 543. The van der Waals surface area contributed by atoms with Crippen LogP contribution in [0.3, 0.4) is 0 Å². The SMILES string of the molecule is CCC(=O)N1CCC(COc2cccc(N)c2C#N)CC1. The quantitative estimate of drug-likeness (QED) is 0.861. The Hall–Kier alpha value is -2.22. The summed E-state index contributed by atoms with van der Waals surface area (Å²) in [6.45, 7) is 4.04. The predicted octanol–water partition coefficient (Wildman–Crippen LogP) is 2.17. The van der Waals surface area contributed by atoms with Gasteiger partial charge in [0, 0.05) is 19.5 Å². The van der Waals surface area contributed by atoms with E-state index in [4.69, 9.17) is 15.7 Å². The molecule has 1 saturated heterocycles. The number of hydrogen-bond donors (Lipinski definition) is 1. The van der Waals surface area contributed by atoms with Crippen LogP contribution in [-0.4, -0.2) is 30.5 Å². The van der Waals surface area contributed by atoms with Crippen molar-refractivity contribution in [2.75, 3.05) is 25.4 Å². The molecule has 112 valence electrons. The summed E-state index contributed by atoms with van der Waals surface area (Å²) in [5.41, 5.74) is 6.60. The first kappa shape index (κ1) is 15.2. The van der Waals surface area contributed by atoms with E-state index >= 15 is 0 Å². The number of hydrogen-bond acceptors (Lipinski definition) is 4. The summed E-state index contributed by atoms with van der Waals surface area (Å²) in [5.74, 6) is 1.18. The van der Waals surface area contributed by atoms with E-state index in [1.165, 1.54) is 0 Å². The minimum absolute atomic E-state index is 0.219. The molecule has 1 aromatic carbocycles. The van der Waals surface area contributed by atoms with Crippen LogP contribution in [0.5, 0.6) is 5.75 Å². The first-order valence-electron chi connectivity index (χ1n) is 7.34. The van der Waals surface area contributed by atoms with E-state index in [0.29, 0.717) is 35.9 Å². The van der Waals surface area contributed by atoms with Gasteiger partial charge in [0.05, 0.1) is 12.3 Å². The molecule has 1 aliphatic heterocycles. The van der Waals surface area contributed by atoms with Crippen LogP contribution >= 0.6 is 0 Å². The highest BCUT2D eigenvalue weighted by atomic mass is 16.5. The Morgan fingerprint density at radius 1 is 1.48 bits per heavy atom. The number of piperidine rings is 1. The zero-order chi connectivity index (χ0) is 15.2. The van der Waals surface area contributed by atoms with Gasteiger partial charge in [-0.1, -0.05) is 13.0 Å². The number of nitrogens with zero attached hydrogens (tertiary/aromatic N) is 2. The average Bonchev–Trinajstić information content (AvgIpc) is 2.52. The molecule has 0 bridgehead atoms. The third kappa shape index (κ3) is 3.66. The monoisotopic (exact) mass is 287 g/mol. The summed E-state index contributed by atoms with van der Waals surface area (Å²) in [4.78, 5) is 13.5. The Morgan fingerprint density at radius 2 is 2.19 bits per heavy atom. The second-order valence-electron chi connectivity index (χ2n) is 5.32. The van der Waals surface area contributed by atoms with Crippen LogP contribution in [-0.2, 0) is 4.79 Å². The summed E-state index contributed by atoms with van der Waals surface area (Å²) in [6.07, 6.45) is 2.45. The molecule has 0 radical (unpaired) electrons. The predicted molar refractivity (Wildman–Crippen MR) is 80.7 cm³/mol. The zero-order valence-corrected chi connectivity index (χ0v) is 12.3. The molecular formula is C16H21N3O2. The van der Waals surface area contributed by atoms with Gasteiger partial charge >= 0.3 is 0 Å².